The van der Waals surface area contributed by atoms with E-state index in [0.29, 0.717) is 18.7 Å². The monoisotopic (exact) mass is 440 g/mol. The lowest BCUT2D eigenvalue weighted by molar-refractivity contribution is -0.117. The van der Waals surface area contributed by atoms with Crippen molar-refractivity contribution in [2.24, 2.45) is 9.98 Å². The number of carbonyl (C=O) groups is 2. The largest absolute Gasteiger partial charge is 0.342 e. The lowest BCUT2D eigenvalue weighted by atomic mass is 10.0. The van der Waals surface area contributed by atoms with E-state index in [-0.39, 0.29) is 24.2 Å². The SMILES string of the molecule is CC(=O)CC[C@@H]1N=C(c2ccccn2)c2cc(Br)ccc2NC1=NCC(C)=O. The molecule has 1 aliphatic heterocycles. The minimum atomic E-state index is -0.369. The molecule has 0 amide bonds. The van der Waals surface area contributed by atoms with E-state index in [1.165, 1.54) is 6.92 Å². The third-order valence-electron chi connectivity index (χ3n) is 4.25. The maximum Gasteiger partial charge on any atom is 0.151 e. The number of nitrogens with zero attached hydrogens (tertiary/aromatic N) is 3. The van der Waals surface area contributed by atoms with Gasteiger partial charge in [0.05, 0.1) is 18.0 Å². The molecule has 2 heterocycles. The second-order valence-corrected chi connectivity index (χ2v) is 7.58. The zero-order valence-corrected chi connectivity index (χ0v) is 17.4. The van der Waals surface area contributed by atoms with Crippen LogP contribution in [0.3, 0.4) is 0 Å². The summed E-state index contributed by atoms with van der Waals surface area (Å²) in [4.78, 5) is 36.9. The third-order valence-corrected chi connectivity index (χ3v) is 4.74. The maximum atomic E-state index is 11.6. The van der Waals surface area contributed by atoms with E-state index >= 15 is 0 Å². The van der Waals surface area contributed by atoms with Crippen molar-refractivity contribution >= 4 is 44.7 Å². The predicted molar refractivity (Wildman–Crippen MR) is 114 cm³/mol. The third kappa shape index (κ3) is 4.98. The summed E-state index contributed by atoms with van der Waals surface area (Å²) in [7, 11) is 0. The first-order chi connectivity index (χ1) is 13.4. The van der Waals surface area contributed by atoms with Gasteiger partial charge < -0.3 is 10.1 Å². The van der Waals surface area contributed by atoms with Gasteiger partial charge in [0, 0.05) is 28.3 Å². The van der Waals surface area contributed by atoms with Gasteiger partial charge in [-0.3, -0.25) is 19.8 Å². The zero-order valence-electron chi connectivity index (χ0n) is 15.8. The van der Waals surface area contributed by atoms with Crippen molar-refractivity contribution < 1.29 is 9.59 Å². The van der Waals surface area contributed by atoms with Gasteiger partial charge in [-0.1, -0.05) is 22.0 Å². The number of hydrogen-bond acceptors (Lipinski definition) is 5. The second-order valence-electron chi connectivity index (χ2n) is 6.67. The summed E-state index contributed by atoms with van der Waals surface area (Å²) in [6.45, 7) is 3.13. The number of aromatic nitrogens is 1. The number of aliphatic imine (C=N–C) groups is 2. The molecule has 1 aromatic carbocycles. The van der Waals surface area contributed by atoms with Crippen LogP contribution < -0.4 is 5.32 Å². The first-order valence-electron chi connectivity index (χ1n) is 9.03. The van der Waals surface area contributed by atoms with Crippen LogP contribution in [-0.4, -0.2) is 40.7 Å². The van der Waals surface area contributed by atoms with Crippen LogP contribution >= 0.6 is 15.9 Å². The Bertz CT molecular complexity index is 954. The molecule has 1 atom stereocenters. The zero-order chi connectivity index (χ0) is 20.1. The molecule has 0 aliphatic carbocycles. The van der Waals surface area contributed by atoms with Crippen molar-refractivity contribution in [1.82, 2.24) is 4.98 Å². The second kappa shape index (κ2) is 9.01. The number of rotatable bonds is 6. The standard InChI is InChI=1S/C21H21BrN4O2/c1-13(27)6-8-19-21(24-12-14(2)28)26-17-9-7-15(22)11-16(17)20(25-19)18-5-3-4-10-23-18/h3-5,7,9-11,19H,6,8,12H2,1-2H3,(H,24,26)/t19-/m0/s1. The average molecular weight is 441 g/mol. The number of ketones is 2. The number of carbonyl (C=O) groups excluding carboxylic acids is 2. The lowest BCUT2D eigenvalue weighted by Gasteiger charge is -2.15. The van der Waals surface area contributed by atoms with Crippen LogP contribution in [0.5, 0.6) is 0 Å². The Morgan fingerprint density at radius 3 is 2.68 bits per heavy atom. The van der Waals surface area contributed by atoms with Crippen LogP contribution in [0.4, 0.5) is 5.69 Å². The molecule has 1 aliphatic rings. The van der Waals surface area contributed by atoms with Crippen LogP contribution in [0.2, 0.25) is 0 Å². The topological polar surface area (TPSA) is 83.8 Å². The van der Waals surface area contributed by atoms with Crippen LogP contribution in [0.1, 0.15) is 37.9 Å². The molecule has 144 valence electrons. The van der Waals surface area contributed by atoms with E-state index in [1.807, 2.05) is 36.4 Å². The summed E-state index contributed by atoms with van der Waals surface area (Å²) >= 11 is 3.52. The van der Waals surface area contributed by atoms with Crippen LogP contribution in [0.15, 0.2) is 57.1 Å². The smallest absolute Gasteiger partial charge is 0.151 e. The summed E-state index contributed by atoms with van der Waals surface area (Å²) in [6.07, 6.45) is 2.61. The van der Waals surface area contributed by atoms with Crippen LogP contribution in [0.25, 0.3) is 0 Å². The van der Waals surface area contributed by atoms with Gasteiger partial charge in [-0.25, -0.2) is 0 Å². The number of Topliss-reactive ketones (excluding diaryl/α,β-unsaturated/α-hetero) is 2. The molecule has 28 heavy (non-hydrogen) atoms. The minimum Gasteiger partial charge on any atom is -0.342 e. The highest BCUT2D eigenvalue weighted by Gasteiger charge is 2.25. The van der Waals surface area contributed by atoms with E-state index in [1.54, 1.807) is 13.1 Å². The summed E-state index contributed by atoms with van der Waals surface area (Å²) in [5, 5.41) is 3.34. The molecule has 0 saturated carbocycles. The molecular weight excluding hydrogens is 420 g/mol. The lowest BCUT2D eigenvalue weighted by Crippen LogP contribution is -2.27. The average Bonchev–Trinajstić information content (AvgIpc) is 2.82. The van der Waals surface area contributed by atoms with Gasteiger partial charge in [-0.15, -0.1) is 0 Å². The normalized spacial score (nSPS) is 17.3. The number of fused-ring (bicyclic) bond motifs is 1. The molecule has 6 nitrogen and oxygen atoms in total. The predicted octanol–water partition coefficient (Wildman–Crippen LogP) is 3.83. The molecular formula is C21H21BrN4O2. The Balaban J connectivity index is 2.15. The van der Waals surface area contributed by atoms with Crippen molar-refractivity contribution in [3.05, 3.63) is 58.3 Å². The Hall–Kier alpha value is -2.67. The molecule has 0 radical (unpaired) electrons. The fourth-order valence-electron chi connectivity index (χ4n) is 2.92. The highest BCUT2D eigenvalue weighted by atomic mass is 79.9. The number of benzene rings is 1. The highest BCUT2D eigenvalue weighted by Crippen LogP contribution is 2.28. The maximum absolute atomic E-state index is 11.6. The van der Waals surface area contributed by atoms with E-state index < -0.39 is 0 Å². The van der Waals surface area contributed by atoms with Crippen molar-refractivity contribution in [2.75, 3.05) is 11.9 Å². The van der Waals surface area contributed by atoms with Gasteiger partial charge in [-0.05, 0) is 50.6 Å². The number of amidine groups is 1. The fraction of sp³-hybridized carbons (Fsp3) is 0.286. The summed E-state index contributed by atoms with van der Waals surface area (Å²) in [5.41, 5.74) is 3.18. The summed E-state index contributed by atoms with van der Waals surface area (Å²) < 4.78 is 0.918. The molecule has 1 aromatic heterocycles. The first-order valence-corrected chi connectivity index (χ1v) is 9.82. The molecule has 0 bridgehead atoms. The van der Waals surface area contributed by atoms with Crippen LogP contribution in [-0.2, 0) is 9.59 Å². The fourth-order valence-corrected chi connectivity index (χ4v) is 3.28. The highest BCUT2D eigenvalue weighted by molar-refractivity contribution is 9.10. The molecule has 0 spiro atoms. The van der Waals surface area contributed by atoms with Crippen molar-refractivity contribution in [3.8, 4) is 0 Å². The Morgan fingerprint density at radius 2 is 2.00 bits per heavy atom. The Kier molecular flexibility index (Phi) is 6.46. The quantitative estimate of drug-likeness (QED) is 0.739. The number of nitrogens with one attached hydrogen (secondary N) is 1. The Morgan fingerprint density at radius 1 is 1.18 bits per heavy atom. The molecule has 0 saturated heterocycles. The summed E-state index contributed by atoms with van der Waals surface area (Å²) in [5.74, 6) is 0.643. The van der Waals surface area contributed by atoms with Gasteiger partial charge in [0.25, 0.3) is 0 Å². The van der Waals surface area contributed by atoms with Gasteiger partial charge in [-0.2, -0.15) is 0 Å². The molecule has 0 unspecified atom stereocenters. The summed E-state index contributed by atoms with van der Waals surface area (Å²) in [6, 6.07) is 11.2. The van der Waals surface area contributed by atoms with Crippen molar-refractivity contribution in [3.63, 3.8) is 0 Å². The van der Waals surface area contributed by atoms with Gasteiger partial charge in [0.1, 0.15) is 17.7 Å². The van der Waals surface area contributed by atoms with E-state index in [4.69, 9.17) is 4.99 Å². The number of hydrogen-bond donors (Lipinski definition) is 1. The van der Waals surface area contributed by atoms with E-state index in [0.717, 1.165) is 27.1 Å². The van der Waals surface area contributed by atoms with Gasteiger partial charge in [0.2, 0.25) is 0 Å². The van der Waals surface area contributed by atoms with Crippen LogP contribution in [0, 0.1) is 0 Å². The van der Waals surface area contributed by atoms with Gasteiger partial charge >= 0.3 is 0 Å². The number of anilines is 1. The van der Waals surface area contributed by atoms with Crippen molar-refractivity contribution in [1.29, 1.82) is 0 Å². The minimum absolute atomic E-state index is 0.0335. The van der Waals surface area contributed by atoms with E-state index in [2.05, 4.69) is 31.2 Å². The van der Waals surface area contributed by atoms with Gasteiger partial charge in [0.15, 0.2) is 5.78 Å². The molecule has 7 heteroatoms. The number of pyridine rings is 1. The molecule has 3 rings (SSSR count). The molecule has 2 aromatic rings. The molecule has 0 fully saturated rings. The molecule has 1 N–H and O–H groups in total. The van der Waals surface area contributed by atoms with E-state index in [9.17, 15) is 9.59 Å². The Labute approximate surface area is 172 Å². The number of benzodiazepines with no additional fused rings is 1. The first kappa shape index (κ1) is 20.1. The number of halogens is 1. The van der Waals surface area contributed by atoms with Crippen molar-refractivity contribution in [2.45, 2.75) is 32.7 Å².